The van der Waals surface area contributed by atoms with Crippen molar-refractivity contribution in [3.05, 3.63) is 75.6 Å². The van der Waals surface area contributed by atoms with E-state index in [-0.39, 0.29) is 5.91 Å². The molecule has 0 fully saturated rings. The lowest BCUT2D eigenvalue weighted by Crippen LogP contribution is -2.12. The highest BCUT2D eigenvalue weighted by Crippen LogP contribution is 2.33. The third-order valence-corrected chi connectivity index (χ3v) is 6.78. The van der Waals surface area contributed by atoms with E-state index in [0.29, 0.717) is 25.7 Å². The largest absolute Gasteiger partial charge is 0.298 e. The Labute approximate surface area is 183 Å². The number of nitrogens with one attached hydrogen (secondary N) is 1. The van der Waals surface area contributed by atoms with Crippen LogP contribution in [0.2, 0.25) is 9.36 Å². The van der Waals surface area contributed by atoms with E-state index in [4.69, 9.17) is 28.2 Å². The molecule has 1 amide bonds. The Kier molecular flexibility index (Phi) is 4.72. The molecule has 8 heteroatoms. The Morgan fingerprint density at radius 1 is 0.897 bits per heavy atom. The molecule has 0 aliphatic carbocycles. The van der Waals surface area contributed by atoms with Crippen LogP contribution in [-0.2, 0) is 0 Å². The fourth-order valence-corrected chi connectivity index (χ4v) is 5.20. The zero-order valence-corrected chi connectivity index (χ0v) is 17.8. The molecule has 0 aliphatic rings. The van der Waals surface area contributed by atoms with Crippen LogP contribution in [0.25, 0.3) is 31.7 Å². The Morgan fingerprint density at radius 3 is 2.59 bits per heavy atom. The number of aromatic nitrogens is 2. The number of rotatable bonds is 3. The van der Waals surface area contributed by atoms with E-state index in [1.165, 1.54) is 22.7 Å². The number of halogens is 2. The molecule has 3 aromatic heterocycles. The standard InChI is InChI=1S/C21H11Cl2N3OS2/c22-11-5-6-15-18(9-11)29-21(25-15)26-20(27)13-10-16(17-7-8-19(23)28-17)24-14-4-2-1-3-12(13)14/h1-10H,(H,25,26,27). The second-order valence-electron chi connectivity index (χ2n) is 6.26. The Morgan fingerprint density at radius 2 is 1.76 bits per heavy atom. The van der Waals surface area contributed by atoms with Gasteiger partial charge in [-0.1, -0.05) is 52.7 Å². The van der Waals surface area contributed by atoms with Gasteiger partial charge in [0.2, 0.25) is 0 Å². The number of carbonyl (C=O) groups excluding carboxylic acids is 1. The minimum absolute atomic E-state index is 0.238. The van der Waals surface area contributed by atoms with Crippen molar-refractivity contribution in [1.29, 1.82) is 0 Å². The third kappa shape index (κ3) is 3.60. The van der Waals surface area contributed by atoms with Gasteiger partial charge in [0, 0.05) is 10.4 Å². The average molecular weight is 456 g/mol. The van der Waals surface area contributed by atoms with Crippen LogP contribution >= 0.6 is 45.9 Å². The fraction of sp³-hybridized carbons (Fsp3) is 0. The summed E-state index contributed by atoms with van der Waals surface area (Å²) in [4.78, 5) is 23.2. The van der Waals surface area contributed by atoms with Gasteiger partial charge in [-0.25, -0.2) is 9.97 Å². The third-order valence-electron chi connectivity index (χ3n) is 4.36. The van der Waals surface area contributed by atoms with Crippen LogP contribution in [-0.4, -0.2) is 15.9 Å². The molecule has 0 spiro atoms. The van der Waals surface area contributed by atoms with Crippen LogP contribution in [0.1, 0.15) is 10.4 Å². The van der Waals surface area contributed by atoms with Crippen molar-refractivity contribution >= 4 is 78.0 Å². The molecular formula is C21H11Cl2N3OS2. The number of nitrogens with zero attached hydrogens (tertiary/aromatic N) is 2. The van der Waals surface area contributed by atoms with Gasteiger partial charge in [0.15, 0.2) is 5.13 Å². The lowest BCUT2D eigenvalue weighted by Gasteiger charge is -2.08. The lowest BCUT2D eigenvalue weighted by atomic mass is 10.1. The number of thiophene rings is 1. The molecule has 1 N–H and O–H groups in total. The van der Waals surface area contributed by atoms with Crippen molar-refractivity contribution in [2.45, 2.75) is 0 Å². The summed E-state index contributed by atoms with van der Waals surface area (Å²) >= 11 is 14.9. The topological polar surface area (TPSA) is 54.9 Å². The summed E-state index contributed by atoms with van der Waals surface area (Å²) in [7, 11) is 0. The molecular weight excluding hydrogens is 445 g/mol. The number of amides is 1. The SMILES string of the molecule is O=C(Nc1nc2ccc(Cl)cc2s1)c1cc(-c2ccc(Cl)s2)nc2ccccc12. The molecule has 0 radical (unpaired) electrons. The summed E-state index contributed by atoms with van der Waals surface area (Å²) in [6.45, 7) is 0. The van der Waals surface area contributed by atoms with Crippen molar-refractivity contribution < 1.29 is 4.79 Å². The van der Waals surface area contributed by atoms with Gasteiger partial charge in [-0.3, -0.25) is 10.1 Å². The number of fused-ring (bicyclic) bond motifs is 2. The second kappa shape index (κ2) is 7.39. The van der Waals surface area contributed by atoms with Gasteiger partial charge in [-0.2, -0.15) is 0 Å². The number of carbonyl (C=O) groups is 1. The van der Waals surface area contributed by atoms with E-state index in [9.17, 15) is 4.79 Å². The number of hydrogen-bond donors (Lipinski definition) is 1. The van der Waals surface area contributed by atoms with Gasteiger partial charge in [0.1, 0.15) is 0 Å². The number of pyridine rings is 1. The molecule has 5 aromatic rings. The first-order valence-electron chi connectivity index (χ1n) is 8.60. The Balaban J connectivity index is 1.57. The summed E-state index contributed by atoms with van der Waals surface area (Å²) < 4.78 is 1.59. The first kappa shape index (κ1) is 18.5. The summed E-state index contributed by atoms with van der Waals surface area (Å²) in [5.74, 6) is -0.238. The molecule has 0 atom stereocenters. The highest BCUT2D eigenvalue weighted by atomic mass is 35.5. The Bertz CT molecular complexity index is 1390. The zero-order chi connectivity index (χ0) is 20.0. The molecule has 29 heavy (non-hydrogen) atoms. The van der Waals surface area contributed by atoms with Crippen LogP contribution in [0.3, 0.4) is 0 Å². The van der Waals surface area contributed by atoms with Crippen LogP contribution in [0.15, 0.2) is 60.7 Å². The first-order chi connectivity index (χ1) is 14.1. The molecule has 0 saturated carbocycles. The zero-order valence-electron chi connectivity index (χ0n) is 14.6. The smallest absolute Gasteiger partial charge is 0.258 e. The maximum atomic E-state index is 13.1. The van der Waals surface area contributed by atoms with Gasteiger partial charge >= 0.3 is 0 Å². The number of hydrogen-bond acceptors (Lipinski definition) is 5. The molecule has 2 aromatic carbocycles. The number of para-hydroxylation sites is 1. The van der Waals surface area contributed by atoms with Crippen molar-refractivity contribution in [1.82, 2.24) is 9.97 Å². The van der Waals surface area contributed by atoms with E-state index in [1.807, 2.05) is 48.5 Å². The summed E-state index contributed by atoms with van der Waals surface area (Å²) in [5.41, 5.74) is 2.79. The monoisotopic (exact) mass is 455 g/mol. The molecule has 0 aliphatic heterocycles. The van der Waals surface area contributed by atoms with Crippen LogP contribution in [0.4, 0.5) is 5.13 Å². The fourth-order valence-electron chi connectivity index (χ4n) is 3.06. The van der Waals surface area contributed by atoms with E-state index in [0.717, 1.165) is 26.0 Å². The van der Waals surface area contributed by atoms with Gasteiger partial charge in [0.25, 0.3) is 5.91 Å². The number of benzene rings is 2. The predicted molar refractivity (Wildman–Crippen MR) is 123 cm³/mol. The van der Waals surface area contributed by atoms with E-state index < -0.39 is 0 Å². The predicted octanol–water partition coefficient (Wildman–Crippen LogP) is 7.13. The molecule has 0 unspecified atom stereocenters. The average Bonchev–Trinajstić information content (AvgIpc) is 3.32. The summed E-state index contributed by atoms with van der Waals surface area (Å²) in [6.07, 6.45) is 0. The molecule has 3 heterocycles. The minimum Gasteiger partial charge on any atom is -0.298 e. The lowest BCUT2D eigenvalue weighted by molar-refractivity contribution is 0.102. The van der Waals surface area contributed by atoms with Crippen LogP contribution in [0, 0.1) is 0 Å². The highest BCUT2D eigenvalue weighted by molar-refractivity contribution is 7.22. The highest BCUT2D eigenvalue weighted by Gasteiger charge is 2.16. The van der Waals surface area contributed by atoms with E-state index in [1.54, 1.807) is 12.1 Å². The first-order valence-corrected chi connectivity index (χ1v) is 11.0. The van der Waals surface area contributed by atoms with Crippen LogP contribution in [0.5, 0.6) is 0 Å². The maximum Gasteiger partial charge on any atom is 0.258 e. The summed E-state index contributed by atoms with van der Waals surface area (Å²) in [6, 6.07) is 18.6. The van der Waals surface area contributed by atoms with Crippen molar-refractivity contribution in [3.63, 3.8) is 0 Å². The Hall–Kier alpha value is -2.51. The summed E-state index contributed by atoms with van der Waals surface area (Å²) in [5, 5.41) is 4.86. The van der Waals surface area contributed by atoms with Gasteiger partial charge < -0.3 is 0 Å². The maximum absolute atomic E-state index is 13.1. The normalized spacial score (nSPS) is 11.2. The quantitative estimate of drug-likeness (QED) is 0.314. The molecule has 0 bridgehead atoms. The minimum atomic E-state index is -0.238. The number of anilines is 1. The van der Waals surface area contributed by atoms with Gasteiger partial charge in [0.05, 0.1) is 36.2 Å². The molecule has 4 nitrogen and oxygen atoms in total. The van der Waals surface area contributed by atoms with E-state index >= 15 is 0 Å². The van der Waals surface area contributed by atoms with Crippen LogP contribution < -0.4 is 5.32 Å². The van der Waals surface area contributed by atoms with Crippen molar-refractivity contribution in [2.24, 2.45) is 0 Å². The molecule has 0 saturated heterocycles. The second-order valence-corrected chi connectivity index (χ2v) is 9.44. The van der Waals surface area contributed by atoms with Gasteiger partial charge in [-0.05, 0) is 42.5 Å². The van der Waals surface area contributed by atoms with Gasteiger partial charge in [-0.15, -0.1) is 11.3 Å². The number of thiazole rings is 1. The molecule has 5 rings (SSSR count). The van der Waals surface area contributed by atoms with E-state index in [2.05, 4.69) is 10.3 Å². The van der Waals surface area contributed by atoms with Crippen molar-refractivity contribution in [3.8, 4) is 10.6 Å². The van der Waals surface area contributed by atoms with Crippen molar-refractivity contribution in [2.75, 3.05) is 5.32 Å². The molecule has 142 valence electrons.